The standard InChI is InChI=1S/C15H25N5O2/c1-10(2)13(14(21)20-7-5-6-8-20)17-15(22)16-12-9-11(3)18-19(12)4/h9-10,13H,5-8H2,1-4H3,(H2,16,17,22)/t13-/m0/s1. The van der Waals surface area contributed by atoms with Crippen LogP contribution in [-0.2, 0) is 11.8 Å². The second kappa shape index (κ2) is 6.81. The fraction of sp³-hybridized carbons (Fsp3) is 0.667. The van der Waals surface area contributed by atoms with Crippen molar-refractivity contribution in [3.63, 3.8) is 0 Å². The average Bonchev–Trinajstić information content (AvgIpc) is 3.05. The summed E-state index contributed by atoms with van der Waals surface area (Å²) in [6.07, 6.45) is 2.08. The molecule has 2 heterocycles. The van der Waals surface area contributed by atoms with E-state index in [9.17, 15) is 9.59 Å². The third-order valence-electron chi connectivity index (χ3n) is 3.88. The largest absolute Gasteiger partial charge is 0.341 e. The second-order valence-electron chi connectivity index (χ2n) is 6.15. The van der Waals surface area contributed by atoms with Crippen LogP contribution < -0.4 is 10.6 Å². The summed E-state index contributed by atoms with van der Waals surface area (Å²) in [4.78, 5) is 26.5. The summed E-state index contributed by atoms with van der Waals surface area (Å²) < 4.78 is 1.60. The predicted octanol–water partition coefficient (Wildman–Crippen LogP) is 1.50. The van der Waals surface area contributed by atoms with E-state index in [1.807, 2.05) is 25.7 Å². The first kappa shape index (κ1) is 16.3. The maximum absolute atomic E-state index is 12.5. The molecule has 7 nitrogen and oxygen atoms in total. The summed E-state index contributed by atoms with van der Waals surface area (Å²) in [5.74, 6) is 0.641. The van der Waals surface area contributed by atoms with E-state index in [0.717, 1.165) is 31.6 Å². The maximum Gasteiger partial charge on any atom is 0.321 e. The van der Waals surface area contributed by atoms with Gasteiger partial charge in [-0.05, 0) is 25.7 Å². The van der Waals surface area contributed by atoms with Gasteiger partial charge in [0.05, 0.1) is 5.69 Å². The van der Waals surface area contributed by atoms with Gasteiger partial charge in [-0.3, -0.25) is 14.8 Å². The lowest BCUT2D eigenvalue weighted by molar-refractivity contribution is -0.133. The lowest BCUT2D eigenvalue weighted by atomic mass is 10.0. The normalized spacial score (nSPS) is 16.0. The average molecular weight is 307 g/mol. The van der Waals surface area contributed by atoms with Crippen LogP contribution in [0.15, 0.2) is 6.07 Å². The second-order valence-corrected chi connectivity index (χ2v) is 6.15. The Labute approximate surface area is 131 Å². The van der Waals surface area contributed by atoms with E-state index < -0.39 is 6.04 Å². The van der Waals surface area contributed by atoms with Gasteiger partial charge in [0, 0.05) is 26.2 Å². The molecule has 0 radical (unpaired) electrons. The summed E-state index contributed by atoms with van der Waals surface area (Å²) >= 11 is 0. The number of likely N-dealkylation sites (tertiary alicyclic amines) is 1. The van der Waals surface area contributed by atoms with Crippen molar-refractivity contribution in [3.8, 4) is 0 Å². The van der Waals surface area contributed by atoms with Crippen molar-refractivity contribution in [2.75, 3.05) is 18.4 Å². The Bertz CT molecular complexity index is 546. The molecule has 7 heteroatoms. The van der Waals surface area contributed by atoms with Crippen molar-refractivity contribution in [1.29, 1.82) is 0 Å². The van der Waals surface area contributed by atoms with E-state index in [1.54, 1.807) is 17.8 Å². The molecule has 0 bridgehead atoms. The lowest BCUT2D eigenvalue weighted by Gasteiger charge is -2.26. The highest BCUT2D eigenvalue weighted by molar-refractivity contribution is 5.93. The minimum Gasteiger partial charge on any atom is -0.341 e. The van der Waals surface area contributed by atoms with Gasteiger partial charge in [0.2, 0.25) is 5.91 Å². The Kier molecular flexibility index (Phi) is 5.05. The highest BCUT2D eigenvalue weighted by Gasteiger charge is 2.30. The van der Waals surface area contributed by atoms with Gasteiger partial charge in [0.25, 0.3) is 0 Å². The first-order valence-electron chi connectivity index (χ1n) is 7.75. The van der Waals surface area contributed by atoms with Crippen molar-refractivity contribution in [2.45, 2.75) is 39.7 Å². The molecule has 1 aromatic rings. The molecule has 3 amide bonds. The molecule has 2 rings (SSSR count). The Morgan fingerprint density at radius 2 is 1.91 bits per heavy atom. The van der Waals surface area contributed by atoms with E-state index in [-0.39, 0.29) is 17.9 Å². The Balaban J connectivity index is 1.99. The molecule has 1 atom stereocenters. The molecular formula is C15H25N5O2. The van der Waals surface area contributed by atoms with Crippen LogP contribution in [0.25, 0.3) is 0 Å². The summed E-state index contributed by atoms with van der Waals surface area (Å²) in [5.41, 5.74) is 0.825. The summed E-state index contributed by atoms with van der Waals surface area (Å²) in [5, 5.41) is 9.71. The van der Waals surface area contributed by atoms with Crippen molar-refractivity contribution in [3.05, 3.63) is 11.8 Å². The van der Waals surface area contributed by atoms with Crippen molar-refractivity contribution < 1.29 is 9.59 Å². The fourth-order valence-corrected chi connectivity index (χ4v) is 2.67. The van der Waals surface area contributed by atoms with Crippen LogP contribution in [-0.4, -0.2) is 45.8 Å². The zero-order valence-electron chi connectivity index (χ0n) is 13.7. The third kappa shape index (κ3) is 3.78. The number of anilines is 1. The monoisotopic (exact) mass is 307 g/mol. The Morgan fingerprint density at radius 1 is 1.27 bits per heavy atom. The van der Waals surface area contributed by atoms with E-state index in [4.69, 9.17) is 0 Å². The number of aryl methyl sites for hydroxylation is 2. The number of amides is 3. The number of carbonyl (C=O) groups excluding carboxylic acids is 2. The number of urea groups is 1. The number of hydrogen-bond acceptors (Lipinski definition) is 3. The van der Waals surface area contributed by atoms with Crippen LogP contribution in [0.3, 0.4) is 0 Å². The minimum absolute atomic E-state index is 0.00355. The SMILES string of the molecule is Cc1cc(NC(=O)N[C@H](C(=O)N2CCCC2)C(C)C)n(C)n1. The van der Waals surface area contributed by atoms with Gasteiger partial charge >= 0.3 is 6.03 Å². The van der Waals surface area contributed by atoms with E-state index in [2.05, 4.69) is 15.7 Å². The first-order valence-corrected chi connectivity index (χ1v) is 7.75. The molecule has 0 aromatic carbocycles. The van der Waals surface area contributed by atoms with Crippen LogP contribution in [0.4, 0.5) is 10.6 Å². The summed E-state index contributed by atoms with van der Waals surface area (Å²) in [6, 6.07) is 0.897. The molecule has 1 fully saturated rings. The van der Waals surface area contributed by atoms with Crippen LogP contribution in [0.5, 0.6) is 0 Å². The van der Waals surface area contributed by atoms with Crippen LogP contribution in [0.2, 0.25) is 0 Å². The molecule has 122 valence electrons. The molecule has 22 heavy (non-hydrogen) atoms. The number of aromatic nitrogens is 2. The molecule has 2 N–H and O–H groups in total. The molecule has 0 aliphatic carbocycles. The highest BCUT2D eigenvalue weighted by atomic mass is 16.2. The first-order chi connectivity index (χ1) is 10.4. The minimum atomic E-state index is -0.507. The quantitative estimate of drug-likeness (QED) is 0.884. The molecule has 1 aromatic heterocycles. The van der Waals surface area contributed by atoms with Gasteiger partial charge in [0.15, 0.2) is 0 Å². The molecule has 1 saturated heterocycles. The number of nitrogens with one attached hydrogen (secondary N) is 2. The Morgan fingerprint density at radius 3 is 2.41 bits per heavy atom. The summed E-state index contributed by atoms with van der Waals surface area (Å²) in [7, 11) is 1.76. The lowest BCUT2D eigenvalue weighted by Crippen LogP contribution is -2.51. The fourth-order valence-electron chi connectivity index (χ4n) is 2.67. The molecule has 0 saturated carbocycles. The Hall–Kier alpha value is -2.05. The molecule has 1 aliphatic heterocycles. The molecular weight excluding hydrogens is 282 g/mol. The molecule has 0 spiro atoms. The van der Waals surface area contributed by atoms with Gasteiger partial charge in [-0.25, -0.2) is 4.79 Å². The zero-order chi connectivity index (χ0) is 16.3. The van der Waals surface area contributed by atoms with Crippen molar-refractivity contribution in [1.82, 2.24) is 20.0 Å². The van der Waals surface area contributed by atoms with E-state index in [0.29, 0.717) is 5.82 Å². The number of rotatable bonds is 4. The van der Waals surface area contributed by atoms with Crippen LogP contribution in [0.1, 0.15) is 32.4 Å². The smallest absolute Gasteiger partial charge is 0.321 e. The third-order valence-corrected chi connectivity index (χ3v) is 3.88. The zero-order valence-corrected chi connectivity index (χ0v) is 13.7. The van der Waals surface area contributed by atoms with Gasteiger partial charge in [-0.1, -0.05) is 13.8 Å². The van der Waals surface area contributed by atoms with E-state index >= 15 is 0 Å². The number of carbonyl (C=O) groups is 2. The van der Waals surface area contributed by atoms with Gasteiger partial charge in [0.1, 0.15) is 11.9 Å². The number of hydrogen-bond donors (Lipinski definition) is 2. The molecule has 0 unspecified atom stereocenters. The molecule has 1 aliphatic rings. The van der Waals surface area contributed by atoms with Gasteiger partial charge in [-0.2, -0.15) is 5.10 Å². The van der Waals surface area contributed by atoms with Crippen LogP contribution >= 0.6 is 0 Å². The maximum atomic E-state index is 12.5. The van der Waals surface area contributed by atoms with Gasteiger partial charge in [-0.15, -0.1) is 0 Å². The van der Waals surface area contributed by atoms with Crippen molar-refractivity contribution >= 4 is 17.8 Å². The number of nitrogens with zero attached hydrogens (tertiary/aromatic N) is 3. The highest BCUT2D eigenvalue weighted by Crippen LogP contribution is 2.14. The summed E-state index contributed by atoms with van der Waals surface area (Å²) in [6.45, 7) is 7.30. The van der Waals surface area contributed by atoms with Crippen molar-refractivity contribution in [2.24, 2.45) is 13.0 Å². The predicted molar refractivity (Wildman–Crippen MR) is 84.5 cm³/mol. The van der Waals surface area contributed by atoms with E-state index in [1.165, 1.54) is 0 Å². The topological polar surface area (TPSA) is 79.3 Å². The van der Waals surface area contributed by atoms with Crippen LogP contribution in [0, 0.1) is 12.8 Å². The van der Waals surface area contributed by atoms with Gasteiger partial charge < -0.3 is 10.2 Å².